The second-order valence-corrected chi connectivity index (χ2v) is 13.8. The number of hydrogen-bond donors (Lipinski definition) is 0. The first-order valence-electron chi connectivity index (χ1n) is 17.9. The highest BCUT2D eigenvalue weighted by atomic mass is 16.5. The first kappa shape index (κ1) is 28.5. The van der Waals surface area contributed by atoms with Crippen molar-refractivity contribution in [2.75, 3.05) is 0 Å². The van der Waals surface area contributed by atoms with Crippen LogP contribution in [-0.2, 0) is 0 Å². The van der Waals surface area contributed by atoms with E-state index in [1.54, 1.807) is 0 Å². The molecule has 0 aliphatic carbocycles. The topological polar surface area (TPSA) is 44.9 Å². The van der Waals surface area contributed by atoms with Gasteiger partial charge in [-0.15, -0.1) is 0 Å². The zero-order valence-corrected chi connectivity index (χ0v) is 28.4. The fraction of sp³-hybridized carbons (Fsp3) is 0. The molecular weight excluding hydrogens is 649 g/mol. The van der Waals surface area contributed by atoms with Crippen molar-refractivity contribution in [2.24, 2.45) is 0 Å². The van der Waals surface area contributed by atoms with E-state index in [2.05, 4.69) is 143 Å². The van der Waals surface area contributed by atoms with Gasteiger partial charge in [0.25, 0.3) is 0 Å². The maximum atomic E-state index is 6.27. The summed E-state index contributed by atoms with van der Waals surface area (Å²) in [6.07, 6.45) is 0. The third-order valence-electron chi connectivity index (χ3n) is 10.9. The van der Waals surface area contributed by atoms with Crippen LogP contribution in [0.5, 0.6) is 11.5 Å². The molecule has 0 saturated carbocycles. The molecule has 12 rings (SSSR count). The second-order valence-electron chi connectivity index (χ2n) is 13.8. The number of benzene rings is 8. The Morgan fingerprint density at radius 2 is 1.11 bits per heavy atom. The molecule has 0 spiro atoms. The fourth-order valence-electron chi connectivity index (χ4n) is 8.59. The number of fused-ring (bicyclic) bond motifs is 10. The molecule has 11 aromatic rings. The largest absolute Gasteiger partial charge is 0.456 e. The predicted molar refractivity (Wildman–Crippen MR) is 217 cm³/mol. The number of ether oxygens (including phenoxy) is 1. The molecule has 1 aliphatic rings. The van der Waals surface area contributed by atoms with E-state index in [0.29, 0.717) is 5.95 Å². The fourth-order valence-corrected chi connectivity index (χ4v) is 8.59. The maximum Gasteiger partial charge on any atom is 0.235 e. The molecule has 53 heavy (non-hydrogen) atoms. The van der Waals surface area contributed by atoms with Gasteiger partial charge in [0.2, 0.25) is 5.95 Å². The summed E-state index contributed by atoms with van der Waals surface area (Å²) in [4.78, 5) is 10.4. The van der Waals surface area contributed by atoms with Crippen LogP contribution in [0.2, 0.25) is 0 Å². The smallest absolute Gasteiger partial charge is 0.235 e. The molecule has 0 bridgehead atoms. The standard InChI is InChI=1S/C48H28N4O/c1-2-11-32(12-3-1)51-40-18-8-5-14-35(40)45-33-24-21-29(27-31(33)23-26-42(45)51)30-22-25-41-37(28-30)34-13-4-7-17-39(34)52(41)48-49-38-16-10-20-44-46(38)47(50-48)36-15-6-9-19-43(36)53-44/h1-28H. The highest BCUT2D eigenvalue weighted by Crippen LogP contribution is 2.46. The summed E-state index contributed by atoms with van der Waals surface area (Å²) in [6.45, 7) is 0. The van der Waals surface area contributed by atoms with Crippen molar-refractivity contribution in [3.63, 3.8) is 0 Å². The van der Waals surface area contributed by atoms with Crippen molar-refractivity contribution in [1.29, 1.82) is 0 Å². The Bertz CT molecular complexity index is 3320. The van der Waals surface area contributed by atoms with Gasteiger partial charge in [-0.2, -0.15) is 0 Å². The van der Waals surface area contributed by atoms with Crippen LogP contribution < -0.4 is 4.74 Å². The van der Waals surface area contributed by atoms with Crippen molar-refractivity contribution >= 4 is 65.3 Å². The summed E-state index contributed by atoms with van der Waals surface area (Å²) in [5.41, 5.74) is 10.8. The van der Waals surface area contributed by atoms with E-state index < -0.39 is 0 Å². The van der Waals surface area contributed by atoms with Crippen molar-refractivity contribution in [1.82, 2.24) is 19.1 Å². The Morgan fingerprint density at radius 3 is 2.02 bits per heavy atom. The van der Waals surface area contributed by atoms with Gasteiger partial charge in [-0.3, -0.25) is 4.57 Å². The first-order valence-corrected chi connectivity index (χ1v) is 17.9. The molecular formula is C48H28N4O. The summed E-state index contributed by atoms with van der Waals surface area (Å²) >= 11 is 0. The minimum atomic E-state index is 0.643. The Hall–Kier alpha value is -7.24. The highest BCUT2D eigenvalue weighted by molar-refractivity contribution is 6.22. The van der Waals surface area contributed by atoms with Crippen LogP contribution in [0.1, 0.15) is 0 Å². The van der Waals surface area contributed by atoms with E-state index in [9.17, 15) is 0 Å². The SMILES string of the molecule is c1ccc(-n2c3ccccc3c3c4ccc(-c5ccc6c(c5)c5ccccc5n6-c5nc6c7c(cccc7n5)Oc5ccccc5-6)cc4ccc32)cc1. The van der Waals surface area contributed by atoms with Gasteiger partial charge < -0.3 is 9.30 Å². The van der Waals surface area contributed by atoms with Crippen LogP contribution in [-0.4, -0.2) is 19.1 Å². The number of para-hydroxylation sites is 4. The van der Waals surface area contributed by atoms with Crippen molar-refractivity contribution in [3.05, 3.63) is 170 Å². The van der Waals surface area contributed by atoms with E-state index in [-0.39, 0.29) is 0 Å². The average Bonchev–Trinajstić information content (AvgIpc) is 3.74. The van der Waals surface area contributed by atoms with Crippen LogP contribution in [0.4, 0.5) is 0 Å². The summed E-state index contributed by atoms with van der Waals surface area (Å²) < 4.78 is 10.9. The summed E-state index contributed by atoms with van der Waals surface area (Å²) in [6, 6.07) is 60.3. The lowest BCUT2D eigenvalue weighted by Crippen LogP contribution is -2.06. The molecule has 3 aromatic heterocycles. The quantitative estimate of drug-likeness (QED) is 0.187. The maximum absolute atomic E-state index is 6.27. The normalized spacial score (nSPS) is 12.3. The Morgan fingerprint density at radius 1 is 0.415 bits per heavy atom. The minimum absolute atomic E-state index is 0.643. The van der Waals surface area contributed by atoms with Gasteiger partial charge >= 0.3 is 0 Å². The lowest BCUT2D eigenvalue weighted by atomic mass is 9.97. The molecule has 0 fully saturated rings. The van der Waals surface area contributed by atoms with Crippen molar-refractivity contribution < 1.29 is 4.74 Å². The van der Waals surface area contributed by atoms with Gasteiger partial charge in [-0.05, 0) is 94.7 Å². The summed E-state index contributed by atoms with van der Waals surface area (Å²) in [7, 11) is 0. The van der Waals surface area contributed by atoms with Crippen LogP contribution >= 0.6 is 0 Å². The molecule has 4 heterocycles. The van der Waals surface area contributed by atoms with Gasteiger partial charge in [-0.1, -0.05) is 97.1 Å². The zero-order valence-electron chi connectivity index (χ0n) is 28.4. The van der Waals surface area contributed by atoms with E-state index in [1.165, 1.54) is 49.4 Å². The van der Waals surface area contributed by atoms with Crippen molar-refractivity contribution in [3.8, 4) is 45.5 Å². The third-order valence-corrected chi connectivity index (χ3v) is 10.9. The van der Waals surface area contributed by atoms with Gasteiger partial charge in [0, 0.05) is 32.8 Å². The monoisotopic (exact) mass is 676 g/mol. The molecule has 0 N–H and O–H groups in total. The second kappa shape index (κ2) is 10.6. The predicted octanol–water partition coefficient (Wildman–Crippen LogP) is 12.4. The number of hydrogen-bond acceptors (Lipinski definition) is 3. The average molecular weight is 677 g/mol. The van der Waals surface area contributed by atoms with Crippen LogP contribution in [0.15, 0.2) is 170 Å². The molecule has 1 aliphatic heterocycles. The molecule has 5 heteroatoms. The number of aromatic nitrogens is 4. The van der Waals surface area contributed by atoms with E-state index in [1.807, 2.05) is 36.4 Å². The highest BCUT2D eigenvalue weighted by Gasteiger charge is 2.24. The number of nitrogens with zero attached hydrogens (tertiary/aromatic N) is 4. The summed E-state index contributed by atoms with van der Waals surface area (Å²) in [5.74, 6) is 2.24. The third kappa shape index (κ3) is 4.02. The van der Waals surface area contributed by atoms with Gasteiger partial charge in [-0.25, -0.2) is 9.97 Å². The molecule has 0 amide bonds. The lowest BCUT2D eigenvalue weighted by molar-refractivity contribution is 0.486. The van der Waals surface area contributed by atoms with Crippen LogP contribution in [0.3, 0.4) is 0 Å². The van der Waals surface area contributed by atoms with Gasteiger partial charge in [0.15, 0.2) is 0 Å². The Kier molecular flexibility index (Phi) is 5.71. The van der Waals surface area contributed by atoms with Crippen molar-refractivity contribution in [2.45, 2.75) is 0 Å². The minimum Gasteiger partial charge on any atom is -0.456 e. The Balaban J connectivity index is 1.04. The molecule has 8 aromatic carbocycles. The zero-order chi connectivity index (χ0) is 34.6. The molecule has 0 unspecified atom stereocenters. The van der Waals surface area contributed by atoms with Crippen LogP contribution in [0, 0.1) is 0 Å². The lowest BCUT2D eigenvalue weighted by Gasteiger charge is -2.20. The van der Waals surface area contributed by atoms with Crippen LogP contribution in [0.25, 0.3) is 99.3 Å². The molecule has 0 saturated heterocycles. The van der Waals surface area contributed by atoms with Gasteiger partial charge in [0.05, 0.1) is 38.7 Å². The molecule has 5 nitrogen and oxygen atoms in total. The Labute approximate surface area is 303 Å². The van der Waals surface area contributed by atoms with E-state index in [4.69, 9.17) is 14.7 Å². The van der Waals surface area contributed by atoms with Gasteiger partial charge in [0.1, 0.15) is 11.5 Å². The number of rotatable bonds is 3. The molecule has 0 radical (unpaired) electrons. The molecule has 0 atom stereocenters. The van der Waals surface area contributed by atoms with E-state index >= 15 is 0 Å². The summed E-state index contributed by atoms with van der Waals surface area (Å²) in [5, 5.41) is 8.28. The van der Waals surface area contributed by atoms with E-state index in [0.717, 1.165) is 55.5 Å². The molecule has 246 valence electrons. The first-order chi connectivity index (χ1) is 26.3.